The molecule has 3 amide bonds. The fraction of sp³-hybridized carbons (Fsp3) is 0.269. The second-order valence-corrected chi connectivity index (χ2v) is 9.61. The second kappa shape index (κ2) is 13.1. The molecule has 0 spiro atoms. The molecule has 1 aliphatic rings. The maximum absolute atomic E-state index is 14.9. The number of nitrogens with zero attached hydrogens (tertiary/aromatic N) is 6. The van der Waals surface area contributed by atoms with Crippen LogP contribution in [0.5, 0.6) is 0 Å². The van der Waals surface area contributed by atoms with Crippen LogP contribution in [-0.4, -0.2) is 98.1 Å². The van der Waals surface area contributed by atoms with Crippen molar-refractivity contribution in [1.29, 1.82) is 0 Å². The van der Waals surface area contributed by atoms with E-state index in [1.807, 2.05) is 7.05 Å². The van der Waals surface area contributed by atoms with Crippen molar-refractivity contribution in [1.82, 2.24) is 35.3 Å². The highest BCUT2D eigenvalue weighted by Crippen LogP contribution is 2.25. The molecular weight excluding hydrogens is 559 g/mol. The Morgan fingerprint density at radius 3 is 2.44 bits per heavy atom. The van der Waals surface area contributed by atoms with Crippen LogP contribution in [0, 0.1) is 5.82 Å². The van der Waals surface area contributed by atoms with Crippen LogP contribution in [0.25, 0.3) is 11.8 Å². The van der Waals surface area contributed by atoms with Crippen molar-refractivity contribution in [2.24, 2.45) is 0 Å². The number of carbonyl (C=O) groups excluding carboxylic acids is 3. The summed E-state index contributed by atoms with van der Waals surface area (Å²) in [5, 5.41) is 24.8. The van der Waals surface area contributed by atoms with E-state index >= 15 is 0 Å². The van der Waals surface area contributed by atoms with Gasteiger partial charge in [0.25, 0.3) is 0 Å². The molecule has 3 N–H and O–H groups in total. The number of carboxylic acid groups (broad SMARTS) is 1. The maximum atomic E-state index is 14.9. The third kappa shape index (κ3) is 7.49. The summed E-state index contributed by atoms with van der Waals surface area (Å²) in [6, 6.07) is 6.91. The zero-order valence-corrected chi connectivity index (χ0v) is 22.6. The van der Waals surface area contributed by atoms with Crippen molar-refractivity contribution in [3.63, 3.8) is 0 Å². The molecule has 4 rings (SSSR count). The molecule has 1 aliphatic heterocycles. The van der Waals surface area contributed by atoms with E-state index in [1.165, 1.54) is 47.4 Å². The highest BCUT2D eigenvalue weighted by Gasteiger charge is 2.28. The number of aromatic nitrogens is 4. The summed E-state index contributed by atoms with van der Waals surface area (Å²) in [7, 11) is 1.94. The van der Waals surface area contributed by atoms with Gasteiger partial charge in [0.15, 0.2) is 5.82 Å². The van der Waals surface area contributed by atoms with E-state index in [0.717, 1.165) is 12.2 Å². The zero-order valence-electron chi connectivity index (χ0n) is 21.8. The van der Waals surface area contributed by atoms with E-state index in [0.29, 0.717) is 26.2 Å². The number of hydrogen-bond acceptors (Lipinski definition) is 8. The molecule has 0 saturated carbocycles. The van der Waals surface area contributed by atoms with Gasteiger partial charge in [0.1, 0.15) is 12.4 Å². The van der Waals surface area contributed by atoms with Gasteiger partial charge in [-0.15, -0.1) is 5.10 Å². The number of carbonyl (C=O) groups is 4. The highest BCUT2D eigenvalue weighted by molar-refractivity contribution is 6.31. The minimum absolute atomic E-state index is 0.0255. The molecular formula is C26H26ClFN8O5. The van der Waals surface area contributed by atoms with E-state index in [9.17, 15) is 23.6 Å². The topological polar surface area (TPSA) is 163 Å². The van der Waals surface area contributed by atoms with Crippen molar-refractivity contribution in [3.05, 3.63) is 70.8 Å². The van der Waals surface area contributed by atoms with Crippen LogP contribution < -0.4 is 10.6 Å². The molecule has 2 heterocycles. The molecule has 0 unspecified atom stereocenters. The lowest BCUT2D eigenvalue weighted by Gasteiger charge is -2.33. The molecule has 0 aliphatic carbocycles. The van der Waals surface area contributed by atoms with E-state index in [-0.39, 0.29) is 39.9 Å². The average Bonchev–Trinajstić information content (AvgIpc) is 3.49. The molecule has 3 aromatic rings. The zero-order chi connectivity index (χ0) is 29.5. The monoisotopic (exact) mass is 584 g/mol. The van der Waals surface area contributed by atoms with Gasteiger partial charge in [-0.25, -0.2) is 9.18 Å². The summed E-state index contributed by atoms with van der Waals surface area (Å²) in [4.78, 5) is 53.9. The van der Waals surface area contributed by atoms with Crippen LogP contribution >= 0.6 is 11.6 Å². The first-order valence-electron chi connectivity index (χ1n) is 12.4. The van der Waals surface area contributed by atoms with E-state index in [1.54, 1.807) is 4.90 Å². The Hall–Kier alpha value is -4.69. The summed E-state index contributed by atoms with van der Waals surface area (Å²) in [6.07, 6.45) is 3.08. The average molecular weight is 585 g/mol. The lowest BCUT2D eigenvalue weighted by molar-refractivity contribution is -0.135. The molecule has 41 heavy (non-hydrogen) atoms. The van der Waals surface area contributed by atoms with Crippen molar-refractivity contribution in [2.45, 2.75) is 12.5 Å². The van der Waals surface area contributed by atoms with Crippen molar-refractivity contribution in [2.75, 3.05) is 38.5 Å². The Morgan fingerprint density at radius 2 is 1.80 bits per heavy atom. The Labute approximate surface area is 238 Å². The lowest BCUT2D eigenvalue weighted by atomic mass is 10.1. The minimum Gasteiger partial charge on any atom is -0.478 e. The summed E-state index contributed by atoms with van der Waals surface area (Å²) in [5.41, 5.74) is 0.435. The Balaban J connectivity index is 1.53. The fourth-order valence-electron chi connectivity index (χ4n) is 4.06. The fourth-order valence-corrected chi connectivity index (χ4v) is 4.22. The summed E-state index contributed by atoms with van der Waals surface area (Å²) < 4.78 is 16.1. The summed E-state index contributed by atoms with van der Waals surface area (Å²) in [6.45, 7) is 2.29. The van der Waals surface area contributed by atoms with Gasteiger partial charge in [0.2, 0.25) is 17.7 Å². The molecule has 15 heteroatoms. The smallest absolute Gasteiger partial charge is 0.335 e. The summed E-state index contributed by atoms with van der Waals surface area (Å²) in [5.74, 6) is -3.74. The number of amides is 3. The first-order chi connectivity index (χ1) is 19.6. The van der Waals surface area contributed by atoms with Gasteiger partial charge in [0.05, 0.1) is 22.7 Å². The molecule has 1 fully saturated rings. The number of rotatable bonds is 9. The number of likely N-dealkylation sites (N-methyl/N-ethyl adjacent to an activating group) is 1. The number of anilines is 1. The number of benzene rings is 2. The van der Waals surface area contributed by atoms with Gasteiger partial charge in [-0.2, -0.15) is 4.68 Å². The van der Waals surface area contributed by atoms with E-state index in [2.05, 4.69) is 31.1 Å². The number of nitrogens with one attached hydrogen (secondary N) is 2. The van der Waals surface area contributed by atoms with E-state index in [4.69, 9.17) is 16.7 Å². The Morgan fingerprint density at radius 1 is 1.10 bits per heavy atom. The number of carboxylic acids is 1. The van der Waals surface area contributed by atoms with Crippen molar-refractivity contribution < 1.29 is 28.7 Å². The molecule has 13 nitrogen and oxygen atoms in total. The van der Waals surface area contributed by atoms with Crippen LogP contribution in [0.3, 0.4) is 0 Å². The molecule has 214 valence electrons. The normalized spacial score (nSPS) is 14.6. The number of hydrogen-bond donors (Lipinski definition) is 3. The van der Waals surface area contributed by atoms with Crippen molar-refractivity contribution in [3.8, 4) is 5.69 Å². The van der Waals surface area contributed by atoms with Gasteiger partial charge in [0, 0.05) is 43.5 Å². The Kier molecular flexibility index (Phi) is 9.37. The highest BCUT2D eigenvalue weighted by atomic mass is 35.5. The first kappa shape index (κ1) is 29.3. The second-order valence-electron chi connectivity index (χ2n) is 9.20. The van der Waals surface area contributed by atoms with Crippen LogP contribution in [0.15, 0.2) is 48.8 Å². The van der Waals surface area contributed by atoms with Crippen LogP contribution in [0.4, 0.5) is 10.1 Å². The van der Waals surface area contributed by atoms with Crippen LogP contribution in [-0.2, 0) is 14.4 Å². The number of tetrazole rings is 1. The largest absolute Gasteiger partial charge is 0.478 e. The molecule has 0 radical (unpaired) electrons. The van der Waals surface area contributed by atoms with Crippen LogP contribution in [0.2, 0.25) is 5.02 Å². The third-order valence-electron chi connectivity index (χ3n) is 6.37. The predicted molar refractivity (Wildman–Crippen MR) is 146 cm³/mol. The molecule has 2 aromatic carbocycles. The first-order valence-corrected chi connectivity index (χ1v) is 12.8. The molecule has 1 saturated heterocycles. The molecule has 1 atom stereocenters. The molecule has 0 bridgehead atoms. The standard InChI is InChI=1S/C26H26ClFN8O5/c1-34-10-12-35(13-11-34)23(38)14-20(25(39)30-17-4-2-16(3-5-17)26(40)41)31-22(37)9-6-18-21(36-15-29-32-33-36)8-7-19(27)24(18)28/h2-9,15,20H,10-14H2,1H3,(H,30,39)(H,31,37)(H,40,41)/b9-6+/t20-/m0/s1. The predicted octanol–water partition coefficient (Wildman–Crippen LogP) is 1.45. The van der Waals surface area contributed by atoms with Gasteiger partial charge < -0.3 is 25.5 Å². The van der Waals surface area contributed by atoms with Crippen LogP contribution in [0.1, 0.15) is 22.3 Å². The summed E-state index contributed by atoms with van der Waals surface area (Å²) >= 11 is 5.93. The Bertz CT molecular complexity index is 1460. The number of piperazine rings is 1. The van der Waals surface area contributed by atoms with Gasteiger partial charge in [-0.1, -0.05) is 11.6 Å². The van der Waals surface area contributed by atoms with Gasteiger partial charge >= 0.3 is 5.97 Å². The van der Waals surface area contributed by atoms with Gasteiger partial charge in [-0.3, -0.25) is 14.4 Å². The minimum atomic E-state index is -1.29. The molecule has 1 aromatic heterocycles. The third-order valence-corrected chi connectivity index (χ3v) is 6.67. The quantitative estimate of drug-likeness (QED) is 0.316. The van der Waals surface area contributed by atoms with Gasteiger partial charge in [-0.05, 0) is 59.9 Å². The number of aromatic carboxylic acids is 1. The lowest BCUT2D eigenvalue weighted by Crippen LogP contribution is -2.51. The van der Waals surface area contributed by atoms with Crippen molar-refractivity contribution >= 4 is 47.1 Å². The van der Waals surface area contributed by atoms with E-state index < -0.39 is 29.6 Å². The SMILES string of the molecule is CN1CCN(C(=O)C[C@H](NC(=O)/C=C/c2c(-n3cnnn3)ccc(Cl)c2F)C(=O)Nc2ccc(C(=O)O)cc2)CC1. The maximum Gasteiger partial charge on any atom is 0.335 e. The number of halogens is 2.